The van der Waals surface area contributed by atoms with E-state index in [9.17, 15) is 25.0 Å². The van der Waals surface area contributed by atoms with Gasteiger partial charge in [-0.3, -0.25) is 14.9 Å². The van der Waals surface area contributed by atoms with Crippen LogP contribution in [-0.2, 0) is 22.5 Å². The number of fused-ring (bicyclic) bond motifs is 1. The molecule has 29 heavy (non-hydrogen) atoms. The molecule has 0 aromatic carbocycles. The number of carbonyl (C=O) groups is 2. The number of ether oxygens (including phenoxy) is 1. The second-order valence-corrected chi connectivity index (χ2v) is 8.14. The number of carbonyl (C=O) groups excluding carboxylic acids is 2. The fraction of sp³-hybridized carbons (Fsp3) is 0.278. The Bertz CT molecular complexity index is 1030. The lowest BCUT2D eigenvalue weighted by molar-refractivity contribution is -0.380. The smallest absolute Gasteiger partial charge is 0.410 e. The summed E-state index contributed by atoms with van der Waals surface area (Å²) < 4.78 is 5.02. The minimum atomic E-state index is -0.489. The van der Waals surface area contributed by atoms with Crippen molar-refractivity contribution in [2.75, 3.05) is 18.5 Å². The molecule has 9 nitrogen and oxygen atoms in total. The van der Waals surface area contributed by atoms with Gasteiger partial charge in [0, 0.05) is 28.4 Å². The van der Waals surface area contributed by atoms with Crippen molar-refractivity contribution in [3.05, 3.63) is 49.2 Å². The fourth-order valence-electron chi connectivity index (χ4n) is 2.82. The molecule has 2 amide bonds. The molecule has 2 aromatic heterocycles. The first-order valence-corrected chi connectivity index (χ1v) is 10.3. The normalized spacial score (nSPS) is 13.0. The van der Waals surface area contributed by atoms with Gasteiger partial charge in [-0.2, -0.15) is 5.26 Å². The Labute approximate surface area is 174 Å². The van der Waals surface area contributed by atoms with Gasteiger partial charge < -0.3 is 15.0 Å². The van der Waals surface area contributed by atoms with Gasteiger partial charge in [-0.05, 0) is 31.1 Å². The van der Waals surface area contributed by atoms with E-state index in [1.807, 2.05) is 0 Å². The number of anilines is 1. The number of nitriles is 1. The molecule has 0 radical (unpaired) electrons. The molecule has 0 saturated carbocycles. The lowest BCUT2D eigenvalue weighted by atomic mass is 10.0. The summed E-state index contributed by atoms with van der Waals surface area (Å²) in [6, 6.07) is 5.06. The number of nitro groups is 1. The molecule has 3 rings (SSSR count). The third-order valence-corrected chi connectivity index (χ3v) is 6.26. The lowest BCUT2D eigenvalue weighted by Crippen LogP contribution is -2.35. The second kappa shape index (κ2) is 8.85. The van der Waals surface area contributed by atoms with E-state index < -0.39 is 16.9 Å². The summed E-state index contributed by atoms with van der Waals surface area (Å²) in [5.41, 5.74) is 1.24. The fourth-order valence-corrected chi connectivity index (χ4v) is 4.76. The van der Waals surface area contributed by atoms with Crippen LogP contribution in [0.5, 0.6) is 0 Å². The van der Waals surface area contributed by atoms with Crippen LogP contribution < -0.4 is 5.32 Å². The highest BCUT2D eigenvalue weighted by Gasteiger charge is 2.27. The van der Waals surface area contributed by atoms with Crippen LogP contribution in [0.15, 0.2) is 18.2 Å². The molecule has 3 heterocycles. The number of amides is 2. The van der Waals surface area contributed by atoms with Crippen molar-refractivity contribution in [3.63, 3.8) is 0 Å². The van der Waals surface area contributed by atoms with Crippen molar-refractivity contribution in [2.45, 2.75) is 19.9 Å². The van der Waals surface area contributed by atoms with Gasteiger partial charge in [0.15, 0.2) is 0 Å². The van der Waals surface area contributed by atoms with Crippen molar-refractivity contribution in [1.29, 1.82) is 5.26 Å². The van der Waals surface area contributed by atoms with E-state index in [-0.39, 0.29) is 11.6 Å². The van der Waals surface area contributed by atoms with Crippen molar-refractivity contribution in [1.82, 2.24) is 4.90 Å². The van der Waals surface area contributed by atoms with Crippen molar-refractivity contribution >= 4 is 50.8 Å². The monoisotopic (exact) mass is 432 g/mol. The zero-order valence-corrected chi connectivity index (χ0v) is 17.0. The Morgan fingerprint density at radius 2 is 2.24 bits per heavy atom. The minimum absolute atomic E-state index is 0.00564. The molecular formula is C18H16N4O5S2. The van der Waals surface area contributed by atoms with Gasteiger partial charge >= 0.3 is 11.1 Å². The van der Waals surface area contributed by atoms with Crippen LogP contribution in [0.3, 0.4) is 0 Å². The quantitative estimate of drug-likeness (QED) is 0.436. The Morgan fingerprint density at radius 1 is 1.45 bits per heavy atom. The maximum absolute atomic E-state index is 12.3. The largest absolute Gasteiger partial charge is 0.450 e. The first-order chi connectivity index (χ1) is 13.9. The molecule has 0 bridgehead atoms. The molecule has 1 aliphatic rings. The zero-order chi connectivity index (χ0) is 21.0. The third kappa shape index (κ3) is 4.61. The van der Waals surface area contributed by atoms with Crippen molar-refractivity contribution < 1.29 is 19.2 Å². The average Bonchev–Trinajstić information content (AvgIpc) is 3.30. The number of nitrogens with zero attached hydrogens (tertiary/aromatic N) is 3. The van der Waals surface area contributed by atoms with Gasteiger partial charge in [-0.1, -0.05) is 11.3 Å². The summed E-state index contributed by atoms with van der Waals surface area (Å²) in [6.07, 6.45) is 2.86. The summed E-state index contributed by atoms with van der Waals surface area (Å²) in [7, 11) is 0. The van der Waals surface area contributed by atoms with Gasteiger partial charge in [0.2, 0.25) is 5.91 Å². The van der Waals surface area contributed by atoms with Gasteiger partial charge in [0.25, 0.3) is 0 Å². The third-order valence-electron chi connectivity index (χ3n) is 4.12. The summed E-state index contributed by atoms with van der Waals surface area (Å²) in [5.74, 6) is -0.446. The van der Waals surface area contributed by atoms with Crippen LogP contribution in [0, 0.1) is 21.4 Å². The Balaban J connectivity index is 1.72. The Morgan fingerprint density at radius 3 is 2.90 bits per heavy atom. The zero-order valence-electron chi connectivity index (χ0n) is 15.3. The van der Waals surface area contributed by atoms with Crippen LogP contribution in [0.2, 0.25) is 0 Å². The lowest BCUT2D eigenvalue weighted by Gasteiger charge is -2.25. The number of nitrogens with one attached hydrogen (secondary N) is 1. The molecule has 0 fully saturated rings. The van der Waals surface area contributed by atoms with Crippen LogP contribution in [0.1, 0.15) is 27.8 Å². The van der Waals surface area contributed by atoms with Gasteiger partial charge in [-0.25, -0.2) is 4.79 Å². The first kappa shape index (κ1) is 20.5. The number of hydrogen-bond acceptors (Lipinski definition) is 8. The molecule has 0 atom stereocenters. The predicted octanol–water partition coefficient (Wildman–Crippen LogP) is 3.76. The van der Waals surface area contributed by atoms with E-state index in [0.717, 1.165) is 21.8 Å². The molecule has 1 N–H and O–H groups in total. The number of rotatable bonds is 5. The standard InChI is InChI=1S/C18H16N4O5S2/c1-2-27-18(24)21-8-7-12-13(9-19)17(29-14(12)10-21)20-15(23)5-3-11-4-6-16(28-11)22(25)26/h3-6H,2,7-8,10H2,1H3,(H,20,23)/b5-3+. The number of hydrogen-bond donors (Lipinski definition) is 1. The molecular weight excluding hydrogens is 416 g/mol. The summed E-state index contributed by atoms with van der Waals surface area (Å²) in [4.78, 5) is 37.4. The van der Waals surface area contributed by atoms with Crippen molar-refractivity contribution in [2.24, 2.45) is 0 Å². The van der Waals surface area contributed by atoms with Crippen LogP contribution in [0.25, 0.3) is 6.08 Å². The summed E-state index contributed by atoms with van der Waals surface area (Å²) in [5, 5.41) is 23.3. The molecule has 150 valence electrons. The van der Waals surface area contributed by atoms with Gasteiger partial charge in [0.05, 0.1) is 23.6 Å². The topological polar surface area (TPSA) is 126 Å². The van der Waals surface area contributed by atoms with Gasteiger partial charge in [-0.15, -0.1) is 11.3 Å². The maximum Gasteiger partial charge on any atom is 0.410 e. The van der Waals surface area contributed by atoms with E-state index >= 15 is 0 Å². The van der Waals surface area contributed by atoms with Crippen LogP contribution >= 0.6 is 22.7 Å². The highest BCUT2D eigenvalue weighted by Crippen LogP contribution is 2.36. The summed E-state index contributed by atoms with van der Waals surface area (Å²) >= 11 is 2.22. The van der Waals surface area contributed by atoms with Crippen LogP contribution in [-0.4, -0.2) is 35.0 Å². The van der Waals surface area contributed by atoms with Gasteiger partial charge in [0.1, 0.15) is 11.1 Å². The minimum Gasteiger partial charge on any atom is -0.450 e. The molecule has 0 saturated heterocycles. The Kier molecular flexibility index (Phi) is 6.26. The molecule has 0 unspecified atom stereocenters. The average molecular weight is 432 g/mol. The van der Waals surface area contributed by atoms with E-state index in [4.69, 9.17) is 4.74 Å². The number of thiophene rings is 2. The molecule has 2 aromatic rings. The van der Waals surface area contributed by atoms with E-state index in [0.29, 0.717) is 35.0 Å². The van der Waals surface area contributed by atoms with Crippen LogP contribution in [0.4, 0.5) is 14.8 Å². The predicted molar refractivity (Wildman–Crippen MR) is 109 cm³/mol. The molecule has 1 aliphatic heterocycles. The van der Waals surface area contributed by atoms with E-state index in [1.165, 1.54) is 29.6 Å². The van der Waals surface area contributed by atoms with E-state index in [2.05, 4.69) is 11.4 Å². The first-order valence-electron chi connectivity index (χ1n) is 8.62. The SMILES string of the molecule is CCOC(=O)N1CCc2c(sc(NC(=O)/C=C/c3ccc([N+](=O)[O-])s3)c2C#N)C1. The summed E-state index contributed by atoms with van der Waals surface area (Å²) in [6.45, 7) is 2.80. The molecule has 11 heteroatoms. The highest BCUT2D eigenvalue weighted by molar-refractivity contribution is 7.17. The van der Waals surface area contributed by atoms with Crippen molar-refractivity contribution in [3.8, 4) is 6.07 Å². The van der Waals surface area contributed by atoms with E-state index in [1.54, 1.807) is 17.9 Å². The Hall–Kier alpha value is -3.23. The molecule has 0 spiro atoms. The highest BCUT2D eigenvalue weighted by atomic mass is 32.1. The second-order valence-electron chi connectivity index (χ2n) is 5.95. The molecule has 0 aliphatic carbocycles. The maximum atomic E-state index is 12.3.